The number of ketones is 1. The van der Waals surface area contributed by atoms with Crippen molar-refractivity contribution in [3.63, 3.8) is 0 Å². The Hall–Kier alpha value is -4.39. The molecule has 1 fully saturated rings. The molecular formula is C30H28N2O5. The van der Waals surface area contributed by atoms with Gasteiger partial charge < -0.3 is 15.2 Å². The smallest absolute Gasteiger partial charge is 0.300 e. The van der Waals surface area contributed by atoms with E-state index in [0.717, 1.165) is 36.1 Å². The van der Waals surface area contributed by atoms with Crippen LogP contribution in [0.25, 0.3) is 5.76 Å². The number of benzene rings is 3. The summed E-state index contributed by atoms with van der Waals surface area (Å²) in [6.45, 7) is 4.12. The van der Waals surface area contributed by atoms with Gasteiger partial charge >= 0.3 is 0 Å². The Kier molecular flexibility index (Phi) is 6.53. The number of nitrogens with one attached hydrogen (secondary N) is 1. The summed E-state index contributed by atoms with van der Waals surface area (Å²) in [7, 11) is 0. The van der Waals surface area contributed by atoms with Gasteiger partial charge in [0.1, 0.15) is 11.5 Å². The van der Waals surface area contributed by atoms with Crippen molar-refractivity contribution in [3.8, 4) is 5.75 Å². The molecule has 0 radical (unpaired) electrons. The minimum absolute atomic E-state index is 0.0388. The van der Waals surface area contributed by atoms with E-state index in [9.17, 15) is 19.5 Å². The van der Waals surface area contributed by atoms with E-state index in [1.165, 1.54) is 11.8 Å². The Bertz CT molecular complexity index is 1410. The average Bonchev–Trinajstić information content (AvgIpc) is 3.18. The quantitative estimate of drug-likeness (QED) is 0.289. The molecule has 2 N–H and O–H groups in total. The molecule has 2 aliphatic heterocycles. The summed E-state index contributed by atoms with van der Waals surface area (Å²) in [6.07, 6.45) is 2.54. The van der Waals surface area contributed by atoms with Crippen molar-refractivity contribution in [2.75, 3.05) is 16.8 Å². The largest absolute Gasteiger partial charge is 0.507 e. The average molecular weight is 497 g/mol. The number of aryl methyl sites for hydroxylation is 2. The molecule has 0 saturated carbocycles. The van der Waals surface area contributed by atoms with Gasteiger partial charge in [-0.1, -0.05) is 31.2 Å². The van der Waals surface area contributed by atoms with Crippen molar-refractivity contribution < 1.29 is 24.2 Å². The van der Waals surface area contributed by atoms with Crippen LogP contribution < -0.4 is 15.0 Å². The number of fused-ring (bicyclic) bond motifs is 1. The zero-order chi connectivity index (χ0) is 26.1. The number of carbonyl (C=O) groups is 3. The van der Waals surface area contributed by atoms with E-state index in [-0.39, 0.29) is 17.2 Å². The van der Waals surface area contributed by atoms with Gasteiger partial charge in [0.25, 0.3) is 11.7 Å². The third-order valence-corrected chi connectivity index (χ3v) is 6.80. The fourth-order valence-corrected chi connectivity index (χ4v) is 4.92. The van der Waals surface area contributed by atoms with Crippen LogP contribution in [0.2, 0.25) is 0 Å². The fraction of sp³-hybridized carbons (Fsp3) is 0.233. The predicted molar refractivity (Wildman–Crippen MR) is 142 cm³/mol. The van der Waals surface area contributed by atoms with Crippen LogP contribution in [0, 0.1) is 0 Å². The minimum atomic E-state index is -0.815. The summed E-state index contributed by atoms with van der Waals surface area (Å²) in [6, 6.07) is 19.0. The summed E-state index contributed by atoms with van der Waals surface area (Å²) >= 11 is 0. The Morgan fingerprint density at radius 1 is 1.05 bits per heavy atom. The van der Waals surface area contributed by atoms with Gasteiger partial charge in [-0.2, -0.15) is 0 Å². The monoisotopic (exact) mass is 496 g/mol. The predicted octanol–water partition coefficient (Wildman–Crippen LogP) is 5.16. The maximum Gasteiger partial charge on any atom is 0.300 e. The van der Waals surface area contributed by atoms with Crippen LogP contribution in [0.5, 0.6) is 5.75 Å². The summed E-state index contributed by atoms with van der Waals surface area (Å²) < 4.78 is 5.69. The Morgan fingerprint density at radius 2 is 1.78 bits per heavy atom. The number of rotatable bonds is 5. The number of anilines is 2. The topological polar surface area (TPSA) is 95.9 Å². The second-order valence-corrected chi connectivity index (χ2v) is 9.27. The SMILES string of the molecule is CCc1ccc(C2/C(=C(/O)c3ccc4c(c3)CCCO4)C(=O)C(=O)N2c2ccc(NC(C)=O)cc2)cc1. The second kappa shape index (κ2) is 9.93. The van der Waals surface area contributed by atoms with Crippen molar-refractivity contribution in [1.29, 1.82) is 0 Å². The molecule has 0 aliphatic carbocycles. The van der Waals surface area contributed by atoms with Crippen LogP contribution in [0.1, 0.15) is 48.6 Å². The molecule has 1 atom stereocenters. The molecule has 1 unspecified atom stereocenters. The van der Waals surface area contributed by atoms with Gasteiger partial charge in [-0.25, -0.2) is 0 Å². The molecule has 0 spiro atoms. The molecule has 5 rings (SSSR count). The zero-order valence-electron chi connectivity index (χ0n) is 20.8. The third-order valence-electron chi connectivity index (χ3n) is 6.80. The lowest BCUT2D eigenvalue weighted by Gasteiger charge is -2.26. The fourth-order valence-electron chi connectivity index (χ4n) is 4.92. The lowest BCUT2D eigenvalue weighted by molar-refractivity contribution is -0.132. The van der Waals surface area contributed by atoms with Crippen LogP contribution in [-0.4, -0.2) is 29.3 Å². The number of carbonyl (C=O) groups excluding carboxylic acids is 3. The number of amides is 2. The first-order chi connectivity index (χ1) is 17.9. The molecule has 0 bridgehead atoms. The molecule has 7 nitrogen and oxygen atoms in total. The molecule has 3 aromatic rings. The van der Waals surface area contributed by atoms with Crippen LogP contribution in [0.3, 0.4) is 0 Å². The summed E-state index contributed by atoms with van der Waals surface area (Å²) in [5, 5.41) is 14.1. The second-order valence-electron chi connectivity index (χ2n) is 9.27. The van der Waals surface area contributed by atoms with Crippen molar-refractivity contribution >= 4 is 34.7 Å². The first-order valence-electron chi connectivity index (χ1n) is 12.4. The lowest BCUT2D eigenvalue weighted by Crippen LogP contribution is -2.29. The van der Waals surface area contributed by atoms with E-state index in [0.29, 0.717) is 29.1 Å². The first kappa shape index (κ1) is 24.3. The number of nitrogens with zero attached hydrogens (tertiary/aromatic N) is 1. The number of hydrogen-bond donors (Lipinski definition) is 2. The van der Waals surface area contributed by atoms with E-state index in [1.54, 1.807) is 36.4 Å². The summed E-state index contributed by atoms with van der Waals surface area (Å²) in [5.41, 5.74) is 4.36. The minimum Gasteiger partial charge on any atom is -0.507 e. The molecule has 188 valence electrons. The van der Waals surface area contributed by atoms with Crippen LogP contribution >= 0.6 is 0 Å². The lowest BCUT2D eigenvalue weighted by atomic mass is 9.93. The van der Waals surface area contributed by atoms with E-state index in [1.807, 2.05) is 30.3 Å². The van der Waals surface area contributed by atoms with E-state index >= 15 is 0 Å². The highest BCUT2D eigenvalue weighted by Crippen LogP contribution is 2.43. The van der Waals surface area contributed by atoms with Gasteiger partial charge in [-0.3, -0.25) is 19.3 Å². The normalized spacial score (nSPS) is 18.3. The summed E-state index contributed by atoms with van der Waals surface area (Å²) in [4.78, 5) is 39.6. The maximum atomic E-state index is 13.4. The van der Waals surface area contributed by atoms with Gasteiger partial charge in [0.15, 0.2) is 0 Å². The number of Topliss-reactive ketones (excluding diaryl/α,β-unsaturated/α-hetero) is 1. The highest BCUT2D eigenvalue weighted by atomic mass is 16.5. The molecule has 37 heavy (non-hydrogen) atoms. The van der Waals surface area contributed by atoms with Gasteiger partial charge in [0.2, 0.25) is 5.91 Å². The van der Waals surface area contributed by atoms with Crippen molar-refractivity contribution in [3.05, 3.63) is 94.6 Å². The Morgan fingerprint density at radius 3 is 2.46 bits per heavy atom. The maximum absolute atomic E-state index is 13.4. The van der Waals surface area contributed by atoms with Crippen molar-refractivity contribution in [2.45, 2.75) is 39.2 Å². The van der Waals surface area contributed by atoms with Crippen LogP contribution in [-0.2, 0) is 27.2 Å². The number of hydrogen-bond acceptors (Lipinski definition) is 5. The number of aliphatic hydroxyl groups excluding tert-OH is 1. The number of ether oxygens (including phenoxy) is 1. The van der Waals surface area contributed by atoms with Gasteiger partial charge in [-0.05, 0) is 78.4 Å². The van der Waals surface area contributed by atoms with E-state index in [2.05, 4.69) is 12.2 Å². The summed E-state index contributed by atoms with van der Waals surface area (Å²) in [5.74, 6) is -1.12. The van der Waals surface area contributed by atoms with E-state index in [4.69, 9.17) is 4.74 Å². The third kappa shape index (κ3) is 4.60. The van der Waals surface area contributed by atoms with Crippen molar-refractivity contribution in [2.24, 2.45) is 0 Å². The molecule has 2 aliphatic rings. The van der Waals surface area contributed by atoms with Gasteiger partial charge in [-0.15, -0.1) is 0 Å². The Labute approximate surface area is 215 Å². The molecule has 1 saturated heterocycles. The van der Waals surface area contributed by atoms with Crippen LogP contribution in [0.15, 0.2) is 72.3 Å². The van der Waals surface area contributed by atoms with Gasteiger partial charge in [0, 0.05) is 23.9 Å². The zero-order valence-corrected chi connectivity index (χ0v) is 20.8. The van der Waals surface area contributed by atoms with E-state index < -0.39 is 17.7 Å². The Balaban J connectivity index is 1.63. The molecule has 2 amide bonds. The van der Waals surface area contributed by atoms with Gasteiger partial charge in [0.05, 0.1) is 18.2 Å². The molecule has 3 aromatic carbocycles. The first-order valence-corrected chi connectivity index (χ1v) is 12.4. The standard InChI is InChI=1S/C30H28N2O5/c1-3-19-6-8-20(9-7-19)27-26(28(34)22-10-15-25-21(17-22)5-4-16-37-25)29(35)30(36)32(27)24-13-11-23(12-14-24)31-18(2)33/h6-15,17,27,34H,3-5,16H2,1-2H3,(H,31,33)/b28-26-. The number of aliphatic hydroxyl groups is 1. The molecule has 7 heteroatoms. The molecule has 0 aromatic heterocycles. The molecular weight excluding hydrogens is 468 g/mol. The highest BCUT2D eigenvalue weighted by molar-refractivity contribution is 6.51. The van der Waals surface area contributed by atoms with Crippen LogP contribution in [0.4, 0.5) is 11.4 Å². The molecule has 2 heterocycles. The van der Waals surface area contributed by atoms with Crippen molar-refractivity contribution in [1.82, 2.24) is 0 Å². The highest BCUT2D eigenvalue weighted by Gasteiger charge is 2.47.